The van der Waals surface area contributed by atoms with E-state index in [-0.39, 0.29) is 5.91 Å². The summed E-state index contributed by atoms with van der Waals surface area (Å²) in [7, 11) is 1.64. The number of methoxy groups -OCH3 is 1. The number of para-hydroxylation sites is 1. The summed E-state index contributed by atoms with van der Waals surface area (Å²) in [6.45, 7) is 6.99. The minimum absolute atomic E-state index is 0.102. The van der Waals surface area contributed by atoms with Gasteiger partial charge in [0.1, 0.15) is 5.75 Å². The monoisotopic (exact) mass is 385 g/mol. The first-order chi connectivity index (χ1) is 13.6. The summed E-state index contributed by atoms with van der Waals surface area (Å²) < 4.78 is 16.8. The lowest BCUT2D eigenvalue weighted by Gasteiger charge is -2.17. The summed E-state index contributed by atoms with van der Waals surface area (Å²) in [5.74, 6) is 2.16. The molecule has 0 aromatic heterocycles. The highest BCUT2D eigenvalue weighted by Crippen LogP contribution is 2.28. The Morgan fingerprint density at radius 1 is 1.07 bits per heavy atom. The van der Waals surface area contributed by atoms with Crippen LogP contribution < -0.4 is 19.5 Å². The molecule has 5 heteroatoms. The number of ether oxygens (including phenoxy) is 3. The summed E-state index contributed by atoms with van der Waals surface area (Å²) in [5.41, 5.74) is 2.25. The molecular formula is C23H31NO4. The van der Waals surface area contributed by atoms with Crippen LogP contribution in [0.25, 0.3) is 0 Å². The molecule has 28 heavy (non-hydrogen) atoms. The second-order valence-electron chi connectivity index (χ2n) is 6.53. The highest BCUT2D eigenvalue weighted by atomic mass is 16.5. The first-order valence-corrected chi connectivity index (χ1v) is 9.91. The molecule has 2 aromatic rings. The van der Waals surface area contributed by atoms with E-state index in [1.165, 1.54) is 0 Å². The van der Waals surface area contributed by atoms with Gasteiger partial charge in [-0.15, -0.1) is 0 Å². The molecular weight excluding hydrogens is 354 g/mol. The minimum atomic E-state index is -0.529. The molecule has 0 aliphatic rings. The van der Waals surface area contributed by atoms with Crippen molar-refractivity contribution in [2.24, 2.45) is 0 Å². The zero-order chi connectivity index (χ0) is 20.4. The molecule has 152 valence electrons. The Hall–Kier alpha value is -2.69. The summed E-state index contributed by atoms with van der Waals surface area (Å²) in [6, 6.07) is 13.8. The van der Waals surface area contributed by atoms with Crippen molar-refractivity contribution in [2.75, 3.05) is 20.3 Å². The maximum atomic E-state index is 12.3. The number of aryl methyl sites for hydroxylation is 2. The van der Waals surface area contributed by atoms with Crippen LogP contribution in [0.2, 0.25) is 0 Å². The van der Waals surface area contributed by atoms with Crippen LogP contribution in [0.1, 0.15) is 38.3 Å². The average Bonchev–Trinajstić information content (AvgIpc) is 2.72. The number of hydrogen-bond donors (Lipinski definition) is 1. The van der Waals surface area contributed by atoms with Gasteiger partial charge < -0.3 is 19.5 Å². The highest BCUT2D eigenvalue weighted by molar-refractivity contribution is 5.80. The van der Waals surface area contributed by atoms with Crippen molar-refractivity contribution < 1.29 is 19.0 Å². The minimum Gasteiger partial charge on any atom is -0.493 e. The van der Waals surface area contributed by atoms with Crippen molar-refractivity contribution in [3.63, 3.8) is 0 Å². The fourth-order valence-electron chi connectivity index (χ4n) is 2.94. The van der Waals surface area contributed by atoms with Crippen LogP contribution >= 0.6 is 0 Å². The molecule has 0 bridgehead atoms. The van der Waals surface area contributed by atoms with E-state index in [0.717, 1.165) is 47.6 Å². The SMILES string of the molecule is CCOc1ccc(CCCNC(=O)[C@H](C)Oc2ccccc2CC)cc1OC. The van der Waals surface area contributed by atoms with Gasteiger partial charge in [0.15, 0.2) is 17.6 Å². The quantitative estimate of drug-likeness (QED) is 0.590. The fourth-order valence-corrected chi connectivity index (χ4v) is 2.94. The predicted molar refractivity (Wildman–Crippen MR) is 111 cm³/mol. The van der Waals surface area contributed by atoms with Crippen molar-refractivity contribution in [1.29, 1.82) is 0 Å². The van der Waals surface area contributed by atoms with Crippen LogP contribution in [-0.4, -0.2) is 32.3 Å². The molecule has 5 nitrogen and oxygen atoms in total. The smallest absolute Gasteiger partial charge is 0.260 e. The normalized spacial score (nSPS) is 11.6. The molecule has 0 saturated carbocycles. The molecule has 0 aliphatic carbocycles. The molecule has 0 radical (unpaired) electrons. The molecule has 0 heterocycles. The molecule has 2 rings (SSSR count). The lowest BCUT2D eigenvalue weighted by molar-refractivity contribution is -0.127. The van der Waals surface area contributed by atoms with Gasteiger partial charge in [0.2, 0.25) is 0 Å². The van der Waals surface area contributed by atoms with Crippen molar-refractivity contribution in [2.45, 2.75) is 46.1 Å². The molecule has 1 atom stereocenters. The van der Waals surface area contributed by atoms with Gasteiger partial charge >= 0.3 is 0 Å². The molecule has 1 amide bonds. The van der Waals surface area contributed by atoms with E-state index in [4.69, 9.17) is 14.2 Å². The van der Waals surface area contributed by atoms with Crippen molar-refractivity contribution >= 4 is 5.91 Å². The molecule has 0 fully saturated rings. The van der Waals surface area contributed by atoms with E-state index >= 15 is 0 Å². The van der Waals surface area contributed by atoms with Crippen LogP contribution in [0.15, 0.2) is 42.5 Å². The largest absolute Gasteiger partial charge is 0.493 e. The van der Waals surface area contributed by atoms with E-state index in [2.05, 4.69) is 12.2 Å². The highest BCUT2D eigenvalue weighted by Gasteiger charge is 2.15. The third kappa shape index (κ3) is 6.19. The zero-order valence-electron chi connectivity index (χ0n) is 17.3. The van der Waals surface area contributed by atoms with Gasteiger partial charge in [0, 0.05) is 6.54 Å². The van der Waals surface area contributed by atoms with Crippen LogP contribution in [-0.2, 0) is 17.6 Å². The van der Waals surface area contributed by atoms with Gasteiger partial charge in [-0.25, -0.2) is 0 Å². The fraction of sp³-hybridized carbons (Fsp3) is 0.435. The van der Waals surface area contributed by atoms with Gasteiger partial charge in [-0.1, -0.05) is 31.2 Å². The Labute approximate surface area is 168 Å². The number of hydrogen-bond acceptors (Lipinski definition) is 4. The van der Waals surface area contributed by atoms with Crippen LogP contribution in [0.4, 0.5) is 0 Å². The van der Waals surface area contributed by atoms with Gasteiger partial charge in [-0.05, 0) is 62.4 Å². The van der Waals surface area contributed by atoms with Crippen LogP contribution in [0, 0.1) is 0 Å². The van der Waals surface area contributed by atoms with E-state index in [1.54, 1.807) is 14.0 Å². The van der Waals surface area contributed by atoms with Crippen molar-refractivity contribution in [3.8, 4) is 17.2 Å². The maximum Gasteiger partial charge on any atom is 0.260 e. The molecule has 1 N–H and O–H groups in total. The van der Waals surface area contributed by atoms with Gasteiger partial charge in [-0.2, -0.15) is 0 Å². The second-order valence-corrected chi connectivity index (χ2v) is 6.53. The van der Waals surface area contributed by atoms with Crippen LogP contribution in [0.3, 0.4) is 0 Å². The summed E-state index contributed by atoms with van der Waals surface area (Å²) in [6.07, 6.45) is 2.02. The first-order valence-electron chi connectivity index (χ1n) is 9.91. The Kier molecular flexibility index (Phi) is 8.66. The van der Waals surface area contributed by atoms with E-state index in [1.807, 2.05) is 49.4 Å². The Bertz CT molecular complexity index is 760. The predicted octanol–water partition coefficient (Wildman–Crippen LogP) is 4.17. The standard InChI is InChI=1S/C23H31NO4/c1-5-19-11-7-8-12-20(19)28-17(3)23(25)24-15-9-10-18-13-14-21(27-6-2)22(16-18)26-4/h7-8,11-14,16-17H,5-6,9-10,15H2,1-4H3,(H,24,25)/t17-/m0/s1. The van der Waals surface area contributed by atoms with Crippen molar-refractivity contribution in [1.82, 2.24) is 5.32 Å². The summed E-state index contributed by atoms with van der Waals surface area (Å²) in [5, 5.41) is 2.95. The van der Waals surface area contributed by atoms with Crippen molar-refractivity contribution in [3.05, 3.63) is 53.6 Å². The molecule has 0 aliphatic heterocycles. The molecule has 0 saturated heterocycles. The van der Waals surface area contributed by atoms with Gasteiger partial charge in [-0.3, -0.25) is 4.79 Å². The van der Waals surface area contributed by atoms with Gasteiger partial charge in [0.25, 0.3) is 5.91 Å². The maximum absolute atomic E-state index is 12.3. The number of nitrogens with one attached hydrogen (secondary N) is 1. The van der Waals surface area contributed by atoms with Crippen LogP contribution in [0.5, 0.6) is 17.2 Å². The Morgan fingerprint density at radius 2 is 1.86 bits per heavy atom. The average molecular weight is 386 g/mol. The molecule has 2 aromatic carbocycles. The first kappa shape index (κ1) is 21.6. The third-order valence-electron chi connectivity index (χ3n) is 4.50. The molecule has 0 unspecified atom stereocenters. The lowest BCUT2D eigenvalue weighted by atomic mass is 10.1. The zero-order valence-corrected chi connectivity index (χ0v) is 17.3. The third-order valence-corrected chi connectivity index (χ3v) is 4.50. The Morgan fingerprint density at radius 3 is 2.57 bits per heavy atom. The van der Waals surface area contributed by atoms with Gasteiger partial charge in [0.05, 0.1) is 13.7 Å². The van der Waals surface area contributed by atoms with E-state index < -0.39 is 6.10 Å². The number of rotatable bonds is 11. The number of benzene rings is 2. The molecule has 0 spiro atoms. The van der Waals surface area contributed by atoms with E-state index in [0.29, 0.717) is 13.2 Å². The summed E-state index contributed by atoms with van der Waals surface area (Å²) in [4.78, 5) is 12.3. The number of amides is 1. The van der Waals surface area contributed by atoms with E-state index in [9.17, 15) is 4.79 Å². The lowest BCUT2D eigenvalue weighted by Crippen LogP contribution is -2.37. The number of carbonyl (C=O) groups is 1. The summed E-state index contributed by atoms with van der Waals surface area (Å²) >= 11 is 0. The second kappa shape index (κ2) is 11.2. The Balaban J connectivity index is 1.79. The number of carbonyl (C=O) groups excluding carboxylic acids is 1. The topological polar surface area (TPSA) is 56.8 Å².